The Morgan fingerprint density at radius 1 is 1.29 bits per heavy atom. The van der Waals surface area contributed by atoms with Gasteiger partial charge in [-0.05, 0) is 43.6 Å². The number of halogens is 1. The first kappa shape index (κ1) is 15.9. The first-order valence-corrected chi connectivity index (χ1v) is 8.46. The highest BCUT2D eigenvalue weighted by atomic mass is 32.2. The number of hydrogen-bond donors (Lipinski definition) is 2. The summed E-state index contributed by atoms with van der Waals surface area (Å²) in [6, 6.07) is 5.38. The van der Waals surface area contributed by atoms with Crippen molar-refractivity contribution in [2.45, 2.75) is 30.4 Å². The van der Waals surface area contributed by atoms with E-state index in [4.69, 9.17) is 0 Å². The lowest BCUT2D eigenvalue weighted by molar-refractivity contribution is -0.120. The molecule has 5 nitrogen and oxygen atoms in total. The molecule has 1 saturated heterocycles. The van der Waals surface area contributed by atoms with Crippen molar-refractivity contribution in [2.24, 2.45) is 0 Å². The Morgan fingerprint density at radius 2 is 1.86 bits per heavy atom. The molecule has 1 fully saturated rings. The van der Waals surface area contributed by atoms with E-state index in [1.807, 2.05) is 0 Å². The normalized spacial score (nSPS) is 18.2. The van der Waals surface area contributed by atoms with Crippen molar-refractivity contribution in [1.82, 2.24) is 10.6 Å². The highest BCUT2D eigenvalue weighted by molar-refractivity contribution is 7.92. The van der Waals surface area contributed by atoms with Crippen LogP contribution in [0.4, 0.5) is 4.39 Å². The molecule has 2 N–H and O–H groups in total. The van der Waals surface area contributed by atoms with Crippen molar-refractivity contribution in [2.75, 3.05) is 13.1 Å². The minimum atomic E-state index is -3.60. The van der Waals surface area contributed by atoms with Gasteiger partial charge in [-0.3, -0.25) is 4.79 Å². The molecule has 0 aromatic heterocycles. The van der Waals surface area contributed by atoms with E-state index in [0.29, 0.717) is 31.5 Å². The van der Waals surface area contributed by atoms with Gasteiger partial charge < -0.3 is 10.6 Å². The molecule has 0 spiro atoms. The van der Waals surface area contributed by atoms with Gasteiger partial charge in [0.25, 0.3) is 0 Å². The second-order valence-corrected chi connectivity index (χ2v) is 7.61. The first-order valence-electron chi connectivity index (χ1n) is 6.81. The lowest BCUT2D eigenvalue weighted by atomic mass is 10.1. The molecule has 1 aliphatic rings. The highest BCUT2D eigenvalue weighted by Gasteiger charge is 2.45. The fourth-order valence-corrected chi connectivity index (χ4v) is 4.64. The maximum Gasteiger partial charge on any atom is 0.218 e. The van der Waals surface area contributed by atoms with Crippen molar-refractivity contribution >= 4 is 15.7 Å². The molecule has 0 bridgehead atoms. The topological polar surface area (TPSA) is 75.3 Å². The SMILES string of the molecule is CC(=O)NC1(S(=O)(=O)Cc2ccc(F)cc2)CCNCC1. The van der Waals surface area contributed by atoms with Crippen LogP contribution in [0, 0.1) is 5.82 Å². The monoisotopic (exact) mass is 314 g/mol. The Hall–Kier alpha value is -1.47. The van der Waals surface area contributed by atoms with Gasteiger partial charge in [-0.2, -0.15) is 0 Å². The van der Waals surface area contributed by atoms with E-state index in [0.717, 1.165) is 0 Å². The molecule has 1 aliphatic heterocycles. The summed E-state index contributed by atoms with van der Waals surface area (Å²) in [6.07, 6.45) is 0.659. The van der Waals surface area contributed by atoms with E-state index < -0.39 is 20.5 Å². The third-order valence-electron chi connectivity index (χ3n) is 3.68. The smallest absolute Gasteiger partial charge is 0.218 e. The predicted molar refractivity (Wildman–Crippen MR) is 77.7 cm³/mol. The van der Waals surface area contributed by atoms with E-state index in [9.17, 15) is 17.6 Å². The van der Waals surface area contributed by atoms with Gasteiger partial charge in [0.05, 0.1) is 5.75 Å². The standard InChI is InChI=1S/C14H19FN2O3S/c1-11(18)17-14(6-8-16-9-7-14)21(19,20)10-12-2-4-13(15)5-3-12/h2-5,16H,6-10H2,1H3,(H,17,18). The second-order valence-electron chi connectivity index (χ2n) is 5.31. The minimum absolute atomic E-state index is 0.215. The number of rotatable bonds is 4. The van der Waals surface area contributed by atoms with Crippen LogP contribution in [0.15, 0.2) is 24.3 Å². The van der Waals surface area contributed by atoms with Gasteiger partial charge in [-0.15, -0.1) is 0 Å². The van der Waals surface area contributed by atoms with Crippen molar-refractivity contribution in [3.8, 4) is 0 Å². The van der Waals surface area contributed by atoms with Gasteiger partial charge in [0.2, 0.25) is 5.91 Å². The number of hydrogen-bond acceptors (Lipinski definition) is 4. The largest absolute Gasteiger partial charge is 0.337 e. The summed E-state index contributed by atoms with van der Waals surface area (Å²) in [5.74, 6) is -0.984. The van der Waals surface area contributed by atoms with Crippen LogP contribution in [0.1, 0.15) is 25.3 Å². The average molecular weight is 314 g/mol. The van der Waals surface area contributed by atoms with Gasteiger partial charge in [0.1, 0.15) is 10.7 Å². The summed E-state index contributed by atoms with van der Waals surface area (Å²) in [7, 11) is -3.60. The fourth-order valence-electron chi connectivity index (χ4n) is 2.60. The van der Waals surface area contributed by atoms with E-state index in [1.165, 1.54) is 31.2 Å². The van der Waals surface area contributed by atoms with E-state index in [2.05, 4.69) is 10.6 Å². The van der Waals surface area contributed by atoms with Gasteiger partial charge in [0, 0.05) is 6.92 Å². The van der Waals surface area contributed by atoms with E-state index in [1.54, 1.807) is 0 Å². The molecule has 1 aromatic rings. The Morgan fingerprint density at radius 3 is 2.38 bits per heavy atom. The van der Waals surface area contributed by atoms with Gasteiger partial charge in [-0.25, -0.2) is 12.8 Å². The van der Waals surface area contributed by atoms with Crippen LogP contribution in [0.5, 0.6) is 0 Å². The van der Waals surface area contributed by atoms with Gasteiger partial charge in [0.15, 0.2) is 9.84 Å². The van der Waals surface area contributed by atoms with Crippen LogP contribution < -0.4 is 10.6 Å². The Labute approximate surface area is 123 Å². The molecule has 0 atom stereocenters. The molecule has 0 radical (unpaired) electrons. The number of piperidine rings is 1. The van der Waals surface area contributed by atoms with Crippen LogP contribution >= 0.6 is 0 Å². The molecule has 0 aliphatic carbocycles. The third kappa shape index (κ3) is 3.59. The number of nitrogens with one attached hydrogen (secondary N) is 2. The maximum absolute atomic E-state index is 12.9. The summed E-state index contributed by atoms with van der Waals surface area (Å²) < 4.78 is 38.4. The molecule has 21 heavy (non-hydrogen) atoms. The summed E-state index contributed by atoms with van der Waals surface area (Å²) in [6.45, 7) is 2.38. The average Bonchev–Trinajstić information content (AvgIpc) is 2.41. The Bertz CT molecular complexity index is 608. The molecule has 1 heterocycles. The van der Waals surface area contributed by atoms with Crippen molar-refractivity contribution in [3.63, 3.8) is 0 Å². The van der Waals surface area contributed by atoms with Crippen LogP contribution in [-0.4, -0.2) is 32.3 Å². The van der Waals surface area contributed by atoms with Gasteiger partial charge >= 0.3 is 0 Å². The maximum atomic E-state index is 12.9. The lowest BCUT2D eigenvalue weighted by Crippen LogP contribution is -2.59. The van der Waals surface area contributed by atoms with Crippen molar-refractivity contribution < 1.29 is 17.6 Å². The molecule has 1 aromatic carbocycles. The highest BCUT2D eigenvalue weighted by Crippen LogP contribution is 2.28. The summed E-state index contributed by atoms with van der Waals surface area (Å²) in [4.78, 5) is 10.2. The summed E-state index contributed by atoms with van der Waals surface area (Å²) in [5.41, 5.74) is 0.514. The zero-order valence-electron chi connectivity index (χ0n) is 11.9. The zero-order chi connectivity index (χ0) is 15.5. The molecular formula is C14H19FN2O3S. The van der Waals surface area contributed by atoms with Crippen LogP contribution in [0.2, 0.25) is 0 Å². The lowest BCUT2D eigenvalue weighted by Gasteiger charge is -2.37. The molecule has 116 valence electrons. The molecule has 1 amide bonds. The summed E-state index contributed by atoms with van der Waals surface area (Å²) in [5, 5.41) is 5.72. The number of benzene rings is 1. The first-order chi connectivity index (χ1) is 9.85. The van der Waals surface area contributed by atoms with Crippen LogP contribution in [0.25, 0.3) is 0 Å². The predicted octanol–water partition coefficient (Wildman–Crippen LogP) is 0.956. The minimum Gasteiger partial charge on any atom is -0.337 e. The van der Waals surface area contributed by atoms with Crippen LogP contribution in [-0.2, 0) is 20.4 Å². The number of carbonyl (C=O) groups is 1. The molecule has 0 unspecified atom stereocenters. The Balaban J connectivity index is 2.28. The van der Waals surface area contributed by atoms with E-state index in [-0.39, 0.29) is 11.7 Å². The molecule has 7 heteroatoms. The van der Waals surface area contributed by atoms with E-state index >= 15 is 0 Å². The summed E-state index contributed by atoms with van der Waals surface area (Å²) >= 11 is 0. The van der Waals surface area contributed by atoms with Crippen molar-refractivity contribution in [1.29, 1.82) is 0 Å². The third-order valence-corrected chi connectivity index (χ3v) is 6.09. The Kier molecular flexibility index (Phi) is 4.63. The molecular weight excluding hydrogens is 295 g/mol. The number of sulfone groups is 1. The van der Waals surface area contributed by atoms with Gasteiger partial charge in [-0.1, -0.05) is 12.1 Å². The quantitative estimate of drug-likeness (QED) is 0.868. The fraction of sp³-hybridized carbons (Fsp3) is 0.500. The number of amides is 1. The number of carbonyl (C=O) groups excluding carboxylic acids is 1. The zero-order valence-corrected chi connectivity index (χ0v) is 12.7. The van der Waals surface area contributed by atoms with Crippen molar-refractivity contribution in [3.05, 3.63) is 35.6 Å². The molecule has 2 rings (SSSR count). The van der Waals surface area contributed by atoms with Crippen LogP contribution in [0.3, 0.4) is 0 Å². The second kappa shape index (κ2) is 6.11. The molecule has 0 saturated carbocycles.